The summed E-state index contributed by atoms with van der Waals surface area (Å²) in [4.78, 5) is 6.90. The third-order valence-corrected chi connectivity index (χ3v) is 4.03. The average molecular weight is 298 g/mol. The minimum absolute atomic E-state index is 0.806. The summed E-state index contributed by atoms with van der Waals surface area (Å²) in [6.45, 7) is 5.07. The van der Waals surface area contributed by atoms with Gasteiger partial charge >= 0.3 is 0 Å². The molecule has 0 aliphatic carbocycles. The number of aryl methyl sites for hydroxylation is 1. The number of hydrogen-bond acceptors (Lipinski definition) is 3. The first-order valence-corrected chi connectivity index (χ1v) is 7.07. The number of piperidine rings is 1. The van der Waals surface area contributed by atoms with Crippen LogP contribution in [-0.2, 0) is 0 Å². The summed E-state index contributed by atoms with van der Waals surface area (Å²) in [5.41, 5.74) is 6.81. The first-order valence-electron chi connectivity index (χ1n) is 6.28. The predicted molar refractivity (Wildman–Crippen MR) is 75.3 cm³/mol. The van der Waals surface area contributed by atoms with Gasteiger partial charge in [-0.3, -0.25) is 0 Å². The molecule has 1 aliphatic rings. The molecule has 1 aromatic rings. The van der Waals surface area contributed by atoms with Crippen molar-refractivity contribution in [3.8, 4) is 0 Å². The third-order valence-electron chi connectivity index (χ3n) is 3.45. The summed E-state index contributed by atoms with van der Waals surface area (Å²) in [5.74, 6) is 1.89. The number of pyridine rings is 1. The summed E-state index contributed by atoms with van der Waals surface area (Å²) in [6, 6.07) is 2.13. The summed E-state index contributed by atoms with van der Waals surface area (Å²) in [6.07, 6.45) is 5.57. The van der Waals surface area contributed by atoms with Gasteiger partial charge in [0.15, 0.2) is 0 Å². The topological polar surface area (TPSA) is 42.2 Å². The highest BCUT2D eigenvalue weighted by Gasteiger charge is 2.20. The van der Waals surface area contributed by atoms with Crippen LogP contribution in [0.25, 0.3) is 0 Å². The van der Waals surface area contributed by atoms with Crippen LogP contribution in [0.2, 0.25) is 0 Å². The van der Waals surface area contributed by atoms with E-state index in [9.17, 15) is 0 Å². The predicted octanol–water partition coefficient (Wildman–Crippen LogP) is 2.72. The lowest BCUT2D eigenvalue weighted by atomic mass is 9.94. The Morgan fingerprint density at radius 1 is 1.47 bits per heavy atom. The number of halogens is 1. The fourth-order valence-corrected chi connectivity index (χ4v) is 3.14. The van der Waals surface area contributed by atoms with Crippen LogP contribution in [0.4, 0.5) is 5.82 Å². The molecule has 1 fully saturated rings. The normalized spacial score (nSPS) is 17.5. The van der Waals surface area contributed by atoms with Crippen LogP contribution in [0.5, 0.6) is 0 Å². The van der Waals surface area contributed by atoms with Crippen LogP contribution in [0.1, 0.15) is 24.8 Å². The Morgan fingerprint density at radius 2 is 2.18 bits per heavy atom. The maximum Gasteiger partial charge on any atom is 0.142 e. The molecule has 17 heavy (non-hydrogen) atoms. The van der Waals surface area contributed by atoms with Gasteiger partial charge < -0.3 is 10.6 Å². The number of aromatic nitrogens is 1. The van der Waals surface area contributed by atoms with E-state index in [0.717, 1.165) is 42.3 Å². The number of nitrogens with two attached hydrogens (primary N) is 1. The van der Waals surface area contributed by atoms with Crippen molar-refractivity contribution in [3.05, 3.63) is 22.3 Å². The monoisotopic (exact) mass is 297 g/mol. The van der Waals surface area contributed by atoms with Crippen molar-refractivity contribution in [2.75, 3.05) is 24.5 Å². The highest BCUT2D eigenvalue weighted by Crippen LogP contribution is 2.29. The van der Waals surface area contributed by atoms with Gasteiger partial charge in [0, 0.05) is 19.3 Å². The molecule has 1 aromatic heterocycles. The molecule has 0 aromatic carbocycles. The molecule has 2 N–H and O–H groups in total. The average Bonchev–Trinajstić information content (AvgIpc) is 2.31. The van der Waals surface area contributed by atoms with Crippen molar-refractivity contribution in [1.29, 1.82) is 0 Å². The fraction of sp³-hybridized carbons (Fsp3) is 0.615. The van der Waals surface area contributed by atoms with Gasteiger partial charge in [0.25, 0.3) is 0 Å². The Balaban J connectivity index is 2.00. The van der Waals surface area contributed by atoms with Crippen molar-refractivity contribution in [3.63, 3.8) is 0 Å². The largest absolute Gasteiger partial charge is 0.356 e. The molecule has 0 atom stereocenters. The van der Waals surface area contributed by atoms with Gasteiger partial charge in [-0.1, -0.05) is 0 Å². The molecule has 1 aliphatic heterocycles. The van der Waals surface area contributed by atoms with Crippen LogP contribution in [-0.4, -0.2) is 24.6 Å². The third kappa shape index (κ3) is 3.19. The number of rotatable bonds is 3. The van der Waals surface area contributed by atoms with E-state index in [1.165, 1.54) is 18.4 Å². The van der Waals surface area contributed by atoms with Crippen LogP contribution >= 0.6 is 15.9 Å². The molecular formula is C13H20BrN3. The van der Waals surface area contributed by atoms with Crippen molar-refractivity contribution >= 4 is 21.7 Å². The summed E-state index contributed by atoms with van der Waals surface area (Å²) in [7, 11) is 0. The zero-order valence-corrected chi connectivity index (χ0v) is 11.9. The maximum absolute atomic E-state index is 5.61. The second-order valence-electron chi connectivity index (χ2n) is 4.83. The van der Waals surface area contributed by atoms with E-state index >= 15 is 0 Å². The van der Waals surface area contributed by atoms with E-state index < -0.39 is 0 Å². The van der Waals surface area contributed by atoms with E-state index in [1.807, 2.05) is 6.20 Å². The van der Waals surface area contributed by atoms with E-state index in [0.29, 0.717) is 0 Å². The van der Waals surface area contributed by atoms with Gasteiger partial charge in [-0.25, -0.2) is 4.98 Å². The second kappa shape index (κ2) is 5.83. The number of nitrogens with zero attached hydrogens (tertiary/aromatic N) is 2. The van der Waals surface area contributed by atoms with Gasteiger partial charge in [-0.15, -0.1) is 0 Å². The molecule has 4 heteroatoms. The Bertz CT molecular complexity index is 373. The minimum atomic E-state index is 0.806. The van der Waals surface area contributed by atoms with E-state index in [-0.39, 0.29) is 0 Å². The van der Waals surface area contributed by atoms with Crippen molar-refractivity contribution in [1.82, 2.24) is 4.98 Å². The minimum Gasteiger partial charge on any atom is -0.356 e. The molecule has 0 bridgehead atoms. The molecular weight excluding hydrogens is 278 g/mol. The summed E-state index contributed by atoms with van der Waals surface area (Å²) >= 11 is 3.60. The number of anilines is 1. The molecule has 0 spiro atoms. The molecule has 0 radical (unpaired) electrons. The van der Waals surface area contributed by atoms with Crippen LogP contribution < -0.4 is 10.6 Å². The van der Waals surface area contributed by atoms with Crippen molar-refractivity contribution in [2.45, 2.75) is 26.2 Å². The van der Waals surface area contributed by atoms with Crippen molar-refractivity contribution < 1.29 is 0 Å². The lowest BCUT2D eigenvalue weighted by Crippen LogP contribution is -2.35. The molecule has 0 unspecified atom stereocenters. The summed E-state index contributed by atoms with van der Waals surface area (Å²) in [5, 5.41) is 0. The Morgan fingerprint density at radius 3 is 2.76 bits per heavy atom. The molecule has 2 heterocycles. The first kappa shape index (κ1) is 12.8. The summed E-state index contributed by atoms with van der Waals surface area (Å²) < 4.78 is 1.11. The van der Waals surface area contributed by atoms with Crippen LogP contribution in [0.3, 0.4) is 0 Å². The zero-order valence-electron chi connectivity index (χ0n) is 10.3. The molecule has 0 amide bonds. The van der Waals surface area contributed by atoms with E-state index in [2.05, 4.69) is 38.8 Å². The second-order valence-corrected chi connectivity index (χ2v) is 5.68. The quantitative estimate of drug-likeness (QED) is 0.933. The molecule has 94 valence electrons. The van der Waals surface area contributed by atoms with E-state index in [1.54, 1.807) is 0 Å². The Hall–Kier alpha value is -0.610. The standard InChI is InChI=1S/C13H20BrN3/c1-10-8-12(14)13(16-9-10)17-6-3-11(2-5-15)4-7-17/h8-9,11H,2-7,15H2,1H3. The van der Waals surface area contributed by atoms with Crippen LogP contribution in [0.15, 0.2) is 16.7 Å². The Labute approximate surface area is 112 Å². The lowest BCUT2D eigenvalue weighted by Gasteiger charge is -2.33. The first-order chi connectivity index (χ1) is 8.20. The maximum atomic E-state index is 5.61. The highest BCUT2D eigenvalue weighted by atomic mass is 79.9. The highest BCUT2D eigenvalue weighted by molar-refractivity contribution is 9.10. The van der Waals surface area contributed by atoms with Gasteiger partial charge in [0.2, 0.25) is 0 Å². The van der Waals surface area contributed by atoms with E-state index in [4.69, 9.17) is 5.73 Å². The molecule has 0 saturated carbocycles. The van der Waals surface area contributed by atoms with Gasteiger partial charge in [0.1, 0.15) is 5.82 Å². The van der Waals surface area contributed by atoms with Gasteiger partial charge in [-0.2, -0.15) is 0 Å². The molecule has 3 nitrogen and oxygen atoms in total. The fourth-order valence-electron chi connectivity index (χ4n) is 2.43. The SMILES string of the molecule is Cc1cnc(N2CCC(CCN)CC2)c(Br)c1. The lowest BCUT2D eigenvalue weighted by molar-refractivity contribution is 0.385. The van der Waals surface area contributed by atoms with Crippen molar-refractivity contribution in [2.24, 2.45) is 11.7 Å². The number of hydrogen-bond donors (Lipinski definition) is 1. The Kier molecular flexibility index (Phi) is 4.40. The molecule has 1 saturated heterocycles. The van der Waals surface area contributed by atoms with Crippen LogP contribution in [0, 0.1) is 12.8 Å². The smallest absolute Gasteiger partial charge is 0.142 e. The van der Waals surface area contributed by atoms with Gasteiger partial charge in [-0.05, 0) is 66.2 Å². The zero-order chi connectivity index (χ0) is 12.3. The molecule has 2 rings (SSSR count). The van der Waals surface area contributed by atoms with Gasteiger partial charge in [0.05, 0.1) is 4.47 Å².